The largest absolute Gasteiger partial charge is 0.356 e. The van der Waals surface area contributed by atoms with Crippen LogP contribution in [-0.2, 0) is 0 Å². The standard InChI is InChI=1S/C14H28N4/c1-12(2)10-13(18-8-3-4-9-18)11-17-14-15-6-5-7-16-14/h12-13H,3-11H2,1-2H3,(H2,15,16,17). The minimum Gasteiger partial charge on any atom is -0.356 e. The van der Waals surface area contributed by atoms with Crippen LogP contribution in [0.4, 0.5) is 0 Å². The molecule has 0 aliphatic carbocycles. The molecule has 0 aromatic carbocycles. The second-order valence-electron chi connectivity index (χ2n) is 5.92. The number of rotatable bonds is 5. The lowest BCUT2D eigenvalue weighted by molar-refractivity contribution is 0.212. The van der Waals surface area contributed by atoms with Crippen LogP contribution in [0.25, 0.3) is 0 Å². The number of nitrogens with zero attached hydrogens (tertiary/aromatic N) is 2. The lowest BCUT2D eigenvalue weighted by Gasteiger charge is -2.30. The van der Waals surface area contributed by atoms with Crippen molar-refractivity contribution in [1.29, 1.82) is 0 Å². The first kappa shape index (κ1) is 13.7. The van der Waals surface area contributed by atoms with Gasteiger partial charge in [-0.05, 0) is 44.7 Å². The van der Waals surface area contributed by atoms with E-state index in [9.17, 15) is 0 Å². The lowest BCUT2D eigenvalue weighted by Crippen LogP contribution is -2.48. The summed E-state index contributed by atoms with van der Waals surface area (Å²) in [5.74, 6) is 1.77. The quantitative estimate of drug-likeness (QED) is 0.778. The summed E-state index contributed by atoms with van der Waals surface area (Å²) >= 11 is 0. The monoisotopic (exact) mass is 252 g/mol. The minimum absolute atomic E-state index is 0.666. The average molecular weight is 252 g/mol. The van der Waals surface area contributed by atoms with E-state index < -0.39 is 0 Å². The van der Waals surface area contributed by atoms with Gasteiger partial charge in [0.05, 0.1) is 0 Å². The Morgan fingerprint density at radius 1 is 1.28 bits per heavy atom. The molecule has 0 saturated carbocycles. The molecule has 2 aliphatic heterocycles. The Hall–Kier alpha value is -0.770. The predicted molar refractivity (Wildman–Crippen MR) is 77.0 cm³/mol. The highest BCUT2D eigenvalue weighted by atomic mass is 15.2. The normalized spacial score (nSPS) is 22.7. The maximum absolute atomic E-state index is 4.48. The third-order valence-electron chi connectivity index (χ3n) is 3.80. The van der Waals surface area contributed by atoms with Gasteiger partial charge in [-0.2, -0.15) is 0 Å². The molecule has 1 atom stereocenters. The molecule has 2 aliphatic rings. The summed E-state index contributed by atoms with van der Waals surface area (Å²) in [6.07, 6.45) is 5.18. The van der Waals surface area contributed by atoms with Crippen molar-refractivity contribution in [1.82, 2.24) is 15.5 Å². The fourth-order valence-corrected chi connectivity index (χ4v) is 2.88. The molecule has 18 heavy (non-hydrogen) atoms. The molecule has 0 amide bonds. The van der Waals surface area contributed by atoms with Crippen LogP contribution >= 0.6 is 0 Å². The fourth-order valence-electron chi connectivity index (χ4n) is 2.88. The van der Waals surface area contributed by atoms with Crippen molar-refractivity contribution in [3.8, 4) is 0 Å². The van der Waals surface area contributed by atoms with Gasteiger partial charge in [0, 0.05) is 25.7 Å². The zero-order chi connectivity index (χ0) is 12.8. The molecule has 1 fully saturated rings. The first-order chi connectivity index (χ1) is 8.75. The molecule has 104 valence electrons. The van der Waals surface area contributed by atoms with Gasteiger partial charge in [-0.15, -0.1) is 0 Å². The maximum atomic E-state index is 4.48. The summed E-state index contributed by atoms with van der Waals surface area (Å²) in [5, 5.41) is 6.84. The van der Waals surface area contributed by atoms with Crippen LogP contribution in [0.2, 0.25) is 0 Å². The molecule has 2 heterocycles. The Morgan fingerprint density at radius 2 is 2.06 bits per heavy atom. The van der Waals surface area contributed by atoms with E-state index in [0.717, 1.165) is 37.9 Å². The van der Waals surface area contributed by atoms with E-state index in [0.29, 0.717) is 6.04 Å². The maximum Gasteiger partial charge on any atom is 0.191 e. The van der Waals surface area contributed by atoms with Crippen molar-refractivity contribution in [2.45, 2.75) is 45.6 Å². The van der Waals surface area contributed by atoms with Crippen molar-refractivity contribution in [3.05, 3.63) is 0 Å². The molecular weight excluding hydrogens is 224 g/mol. The first-order valence-corrected chi connectivity index (χ1v) is 7.52. The number of aliphatic imine (C=N–C) groups is 1. The smallest absolute Gasteiger partial charge is 0.191 e. The van der Waals surface area contributed by atoms with E-state index in [2.05, 4.69) is 34.4 Å². The molecule has 2 N–H and O–H groups in total. The zero-order valence-corrected chi connectivity index (χ0v) is 11.9. The van der Waals surface area contributed by atoms with Crippen LogP contribution < -0.4 is 10.6 Å². The van der Waals surface area contributed by atoms with Crippen LogP contribution in [0.1, 0.15) is 39.5 Å². The molecule has 0 aromatic heterocycles. The van der Waals surface area contributed by atoms with Crippen molar-refractivity contribution in [3.63, 3.8) is 0 Å². The van der Waals surface area contributed by atoms with E-state index >= 15 is 0 Å². The van der Waals surface area contributed by atoms with E-state index in [4.69, 9.17) is 0 Å². The first-order valence-electron chi connectivity index (χ1n) is 7.52. The van der Waals surface area contributed by atoms with E-state index in [1.165, 1.54) is 32.4 Å². The molecule has 4 heteroatoms. The predicted octanol–water partition coefficient (Wildman–Crippen LogP) is 1.44. The van der Waals surface area contributed by atoms with Crippen molar-refractivity contribution < 1.29 is 0 Å². The second-order valence-corrected chi connectivity index (χ2v) is 5.92. The van der Waals surface area contributed by atoms with E-state index in [1.807, 2.05) is 0 Å². The minimum atomic E-state index is 0.666. The van der Waals surface area contributed by atoms with Crippen LogP contribution in [0, 0.1) is 5.92 Å². The summed E-state index contributed by atoms with van der Waals surface area (Å²) in [5.41, 5.74) is 0. The zero-order valence-electron chi connectivity index (χ0n) is 11.9. The van der Waals surface area contributed by atoms with Gasteiger partial charge in [-0.3, -0.25) is 9.89 Å². The fraction of sp³-hybridized carbons (Fsp3) is 0.929. The number of nitrogens with one attached hydrogen (secondary N) is 2. The summed E-state index contributed by atoms with van der Waals surface area (Å²) in [6, 6.07) is 0.666. The highest BCUT2D eigenvalue weighted by molar-refractivity contribution is 5.80. The molecule has 0 bridgehead atoms. The highest BCUT2D eigenvalue weighted by Gasteiger charge is 2.22. The topological polar surface area (TPSA) is 39.7 Å². The van der Waals surface area contributed by atoms with Gasteiger partial charge in [0.1, 0.15) is 0 Å². The molecule has 4 nitrogen and oxygen atoms in total. The number of hydrogen-bond acceptors (Lipinski definition) is 4. The van der Waals surface area contributed by atoms with Crippen molar-refractivity contribution in [2.24, 2.45) is 10.9 Å². The number of likely N-dealkylation sites (tertiary alicyclic amines) is 1. The highest BCUT2D eigenvalue weighted by Crippen LogP contribution is 2.17. The van der Waals surface area contributed by atoms with Crippen LogP contribution in [0.15, 0.2) is 4.99 Å². The SMILES string of the molecule is CC(C)CC(CNC1=NCCCN1)N1CCCC1. The summed E-state index contributed by atoms with van der Waals surface area (Å²) in [7, 11) is 0. The van der Waals surface area contributed by atoms with Gasteiger partial charge in [0.15, 0.2) is 5.96 Å². The molecule has 1 unspecified atom stereocenters. The van der Waals surface area contributed by atoms with Crippen LogP contribution in [-0.4, -0.2) is 49.6 Å². The van der Waals surface area contributed by atoms with Crippen LogP contribution in [0.5, 0.6) is 0 Å². The molecule has 0 aromatic rings. The van der Waals surface area contributed by atoms with Crippen LogP contribution in [0.3, 0.4) is 0 Å². The summed E-state index contributed by atoms with van der Waals surface area (Å²) < 4.78 is 0. The average Bonchev–Trinajstić information content (AvgIpc) is 2.89. The third kappa shape index (κ3) is 4.16. The third-order valence-corrected chi connectivity index (χ3v) is 3.80. The Morgan fingerprint density at radius 3 is 2.67 bits per heavy atom. The number of hydrogen-bond donors (Lipinski definition) is 2. The van der Waals surface area contributed by atoms with Gasteiger partial charge >= 0.3 is 0 Å². The molecule has 0 radical (unpaired) electrons. The Labute approximate surface area is 111 Å². The second kappa shape index (κ2) is 6.98. The van der Waals surface area contributed by atoms with Gasteiger partial charge < -0.3 is 10.6 Å². The Bertz CT molecular complexity index is 269. The van der Waals surface area contributed by atoms with E-state index in [-0.39, 0.29) is 0 Å². The molecule has 0 spiro atoms. The van der Waals surface area contributed by atoms with Gasteiger partial charge in [0.2, 0.25) is 0 Å². The number of guanidine groups is 1. The van der Waals surface area contributed by atoms with Gasteiger partial charge in [0.25, 0.3) is 0 Å². The van der Waals surface area contributed by atoms with E-state index in [1.54, 1.807) is 0 Å². The molecule has 1 saturated heterocycles. The summed E-state index contributed by atoms with van der Waals surface area (Å²) in [6.45, 7) is 10.2. The lowest BCUT2D eigenvalue weighted by atomic mass is 10.0. The van der Waals surface area contributed by atoms with Crippen molar-refractivity contribution in [2.75, 3.05) is 32.7 Å². The Kier molecular flexibility index (Phi) is 5.29. The van der Waals surface area contributed by atoms with Crippen molar-refractivity contribution >= 4 is 5.96 Å². The molecular formula is C14H28N4. The Balaban J connectivity index is 1.81. The van der Waals surface area contributed by atoms with Gasteiger partial charge in [-0.25, -0.2) is 0 Å². The molecule has 2 rings (SSSR count). The van der Waals surface area contributed by atoms with Gasteiger partial charge in [-0.1, -0.05) is 13.8 Å². The summed E-state index contributed by atoms with van der Waals surface area (Å²) in [4.78, 5) is 7.13.